The van der Waals surface area contributed by atoms with E-state index in [9.17, 15) is 0 Å². The number of aliphatic imine (C=N–C) groups is 1. The normalized spacial score (nSPS) is 21.4. The van der Waals surface area contributed by atoms with Gasteiger partial charge in [-0.2, -0.15) is 0 Å². The number of nitrogens with one attached hydrogen (secondary N) is 2. The lowest BCUT2D eigenvalue weighted by Gasteiger charge is -2.32. The predicted molar refractivity (Wildman–Crippen MR) is 108 cm³/mol. The molecule has 1 saturated heterocycles. The van der Waals surface area contributed by atoms with Crippen molar-refractivity contribution in [1.29, 1.82) is 0 Å². The second-order valence-corrected chi connectivity index (χ2v) is 5.84. The van der Waals surface area contributed by atoms with Gasteiger partial charge in [0.2, 0.25) is 0 Å². The zero-order valence-corrected chi connectivity index (χ0v) is 16.6. The van der Waals surface area contributed by atoms with E-state index in [0.717, 1.165) is 32.1 Å². The van der Waals surface area contributed by atoms with E-state index in [1.807, 2.05) is 7.05 Å². The Balaban J connectivity index is 0.00000264. The molecular formula is C18H30IN3O. The smallest absolute Gasteiger partial charge is 0.190 e. The molecule has 1 aliphatic heterocycles. The molecule has 1 aliphatic rings. The Morgan fingerprint density at radius 3 is 2.74 bits per heavy atom. The van der Waals surface area contributed by atoms with Crippen LogP contribution in [0.1, 0.15) is 44.3 Å². The summed E-state index contributed by atoms with van der Waals surface area (Å²) in [5, 5.41) is 6.82. The third-order valence-corrected chi connectivity index (χ3v) is 4.15. The van der Waals surface area contributed by atoms with Gasteiger partial charge >= 0.3 is 0 Å². The van der Waals surface area contributed by atoms with E-state index in [2.05, 4.69) is 52.9 Å². The molecule has 1 heterocycles. The van der Waals surface area contributed by atoms with E-state index < -0.39 is 0 Å². The van der Waals surface area contributed by atoms with Crippen LogP contribution in [0.3, 0.4) is 0 Å². The molecule has 23 heavy (non-hydrogen) atoms. The summed E-state index contributed by atoms with van der Waals surface area (Å²) in [5.41, 5.74) is 1.28. The molecule has 2 atom stereocenters. The largest absolute Gasteiger partial charge is 0.373 e. The first kappa shape index (κ1) is 20.2. The Hall–Kier alpha value is -0.820. The highest BCUT2D eigenvalue weighted by atomic mass is 127. The molecule has 0 spiro atoms. The summed E-state index contributed by atoms with van der Waals surface area (Å²) in [4.78, 5) is 4.30. The van der Waals surface area contributed by atoms with Crippen molar-refractivity contribution in [2.75, 3.05) is 26.7 Å². The molecule has 0 aromatic heterocycles. The molecular weight excluding hydrogens is 401 g/mol. The maximum atomic E-state index is 6.04. The molecule has 0 saturated carbocycles. The molecule has 2 rings (SSSR count). The van der Waals surface area contributed by atoms with Crippen molar-refractivity contribution in [3.05, 3.63) is 35.9 Å². The number of benzene rings is 1. The highest BCUT2D eigenvalue weighted by Gasteiger charge is 2.27. The minimum absolute atomic E-state index is 0. The van der Waals surface area contributed by atoms with Crippen molar-refractivity contribution < 1.29 is 4.74 Å². The van der Waals surface area contributed by atoms with Gasteiger partial charge in [-0.05, 0) is 24.8 Å². The number of ether oxygens (including phenoxy) is 1. The summed E-state index contributed by atoms with van der Waals surface area (Å²) in [6.45, 7) is 4.92. The van der Waals surface area contributed by atoms with Crippen LogP contribution in [0.5, 0.6) is 0 Å². The van der Waals surface area contributed by atoms with Crippen LogP contribution in [0.15, 0.2) is 35.3 Å². The fourth-order valence-corrected chi connectivity index (χ4v) is 2.90. The Labute approximate surface area is 157 Å². The molecule has 5 heteroatoms. The number of guanidine groups is 1. The Morgan fingerprint density at radius 1 is 1.26 bits per heavy atom. The van der Waals surface area contributed by atoms with Gasteiger partial charge in [0.1, 0.15) is 0 Å². The SMILES string of the molecule is CCCCNC(=NC)NCC1CCCOC1c1ccccc1.I. The lowest BCUT2D eigenvalue weighted by Crippen LogP contribution is -2.42. The van der Waals surface area contributed by atoms with Crippen molar-refractivity contribution in [2.24, 2.45) is 10.9 Å². The van der Waals surface area contributed by atoms with Gasteiger partial charge < -0.3 is 15.4 Å². The average Bonchev–Trinajstić information content (AvgIpc) is 2.59. The van der Waals surface area contributed by atoms with E-state index in [1.54, 1.807) is 0 Å². The molecule has 1 fully saturated rings. The van der Waals surface area contributed by atoms with Crippen LogP contribution in [-0.2, 0) is 4.74 Å². The van der Waals surface area contributed by atoms with Crippen LogP contribution in [-0.4, -0.2) is 32.7 Å². The van der Waals surface area contributed by atoms with Gasteiger partial charge in [0, 0.05) is 32.7 Å². The Bertz CT molecular complexity index is 453. The van der Waals surface area contributed by atoms with Crippen LogP contribution < -0.4 is 10.6 Å². The Morgan fingerprint density at radius 2 is 2.04 bits per heavy atom. The first-order valence-electron chi connectivity index (χ1n) is 8.46. The first-order valence-corrected chi connectivity index (χ1v) is 8.46. The molecule has 0 radical (unpaired) electrons. The zero-order chi connectivity index (χ0) is 15.6. The second kappa shape index (κ2) is 11.7. The number of rotatable bonds is 6. The molecule has 4 nitrogen and oxygen atoms in total. The van der Waals surface area contributed by atoms with Gasteiger partial charge in [-0.15, -0.1) is 24.0 Å². The second-order valence-electron chi connectivity index (χ2n) is 5.84. The number of hydrogen-bond donors (Lipinski definition) is 2. The van der Waals surface area contributed by atoms with Gasteiger partial charge in [0.15, 0.2) is 5.96 Å². The third kappa shape index (κ3) is 6.67. The topological polar surface area (TPSA) is 45.7 Å². The molecule has 2 N–H and O–H groups in total. The van der Waals surface area contributed by atoms with Gasteiger partial charge in [-0.3, -0.25) is 4.99 Å². The van der Waals surface area contributed by atoms with Crippen LogP contribution >= 0.6 is 24.0 Å². The van der Waals surface area contributed by atoms with E-state index in [0.29, 0.717) is 5.92 Å². The summed E-state index contributed by atoms with van der Waals surface area (Å²) < 4.78 is 6.04. The summed E-state index contributed by atoms with van der Waals surface area (Å²) in [7, 11) is 1.83. The van der Waals surface area contributed by atoms with Crippen LogP contribution in [0.4, 0.5) is 0 Å². The quantitative estimate of drug-likeness (QED) is 0.312. The molecule has 0 aliphatic carbocycles. The predicted octanol–water partition coefficient (Wildman–Crippen LogP) is 3.74. The molecule has 1 aromatic carbocycles. The van der Waals surface area contributed by atoms with E-state index >= 15 is 0 Å². The van der Waals surface area contributed by atoms with Crippen molar-refractivity contribution in [3.63, 3.8) is 0 Å². The minimum atomic E-state index is 0. The maximum absolute atomic E-state index is 6.04. The van der Waals surface area contributed by atoms with Crippen molar-refractivity contribution in [2.45, 2.75) is 38.7 Å². The highest BCUT2D eigenvalue weighted by molar-refractivity contribution is 14.0. The third-order valence-electron chi connectivity index (χ3n) is 4.15. The van der Waals surface area contributed by atoms with Gasteiger partial charge in [0.05, 0.1) is 6.10 Å². The summed E-state index contributed by atoms with van der Waals surface area (Å²) in [6.07, 6.45) is 4.88. The van der Waals surface area contributed by atoms with E-state index in [-0.39, 0.29) is 30.1 Å². The fourth-order valence-electron chi connectivity index (χ4n) is 2.90. The van der Waals surface area contributed by atoms with Crippen LogP contribution in [0.25, 0.3) is 0 Å². The molecule has 0 bridgehead atoms. The fraction of sp³-hybridized carbons (Fsp3) is 0.611. The maximum Gasteiger partial charge on any atom is 0.190 e. The first-order chi connectivity index (χ1) is 10.8. The molecule has 1 aromatic rings. The standard InChI is InChI=1S/C18H29N3O.HI/c1-3-4-12-20-18(19-2)21-14-16-11-8-13-22-17(16)15-9-6-5-7-10-15;/h5-7,9-10,16-17H,3-4,8,11-14H2,1-2H3,(H2,19,20,21);1H. The van der Waals surface area contributed by atoms with Crippen LogP contribution in [0.2, 0.25) is 0 Å². The van der Waals surface area contributed by atoms with Gasteiger partial charge in [0.25, 0.3) is 0 Å². The lowest BCUT2D eigenvalue weighted by atomic mass is 9.89. The van der Waals surface area contributed by atoms with Gasteiger partial charge in [-0.25, -0.2) is 0 Å². The zero-order valence-electron chi connectivity index (χ0n) is 14.3. The monoisotopic (exact) mass is 431 g/mol. The molecule has 130 valence electrons. The number of unbranched alkanes of at least 4 members (excludes halogenated alkanes) is 1. The molecule has 2 unspecified atom stereocenters. The minimum Gasteiger partial charge on any atom is -0.373 e. The van der Waals surface area contributed by atoms with Crippen molar-refractivity contribution in [3.8, 4) is 0 Å². The highest BCUT2D eigenvalue weighted by Crippen LogP contribution is 2.32. The van der Waals surface area contributed by atoms with E-state index in [1.165, 1.54) is 24.8 Å². The van der Waals surface area contributed by atoms with E-state index in [4.69, 9.17) is 4.74 Å². The number of halogens is 1. The van der Waals surface area contributed by atoms with Crippen LogP contribution in [0, 0.1) is 5.92 Å². The van der Waals surface area contributed by atoms with Gasteiger partial charge in [-0.1, -0.05) is 43.7 Å². The summed E-state index contributed by atoms with van der Waals surface area (Å²) in [6, 6.07) is 10.6. The average molecular weight is 431 g/mol. The summed E-state index contributed by atoms with van der Waals surface area (Å²) in [5.74, 6) is 1.38. The lowest BCUT2D eigenvalue weighted by molar-refractivity contribution is -0.0265. The van der Waals surface area contributed by atoms with Crippen molar-refractivity contribution >= 4 is 29.9 Å². The van der Waals surface area contributed by atoms with Crippen molar-refractivity contribution in [1.82, 2.24) is 10.6 Å². The Kier molecular flexibility index (Phi) is 10.3. The summed E-state index contributed by atoms with van der Waals surface area (Å²) >= 11 is 0. The number of nitrogens with zero attached hydrogens (tertiary/aromatic N) is 1. The number of hydrogen-bond acceptors (Lipinski definition) is 2. The molecule has 0 amide bonds.